The van der Waals surface area contributed by atoms with Crippen LogP contribution in [0.4, 0.5) is 0 Å². The monoisotopic (exact) mass is 244 g/mol. The number of hydrogen-bond donors (Lipinski definition) is 2. The summed E-state index contributed by atoms with van der Waals surface area (Å²) in [7, 11) is 0. The van der Waals surface area contributed by atoms with E-state index in [0.717, 1.165) is 44.4 Å². The van der Waals surface area contributed by atoms with Crippen LogP contribution in [0.3, 0.4) is 0 Å². The summed E-state index contributed by atoms with van der Waals surface area (Å²) >= 11 is 1.82. The lowest BCUT2D eigenvalue weighted by molar-refractivity contribution is -0.132. The van der Waals surface area contributed by atoms with Crippen LogP contribution >= 0.6 is 11.8 Å². The lowest BCUT2D eigenvalue weighted by Crippen LogP contribution is -2.47. The molecule has 0 spiro atoms. The molecule has 1 amide bonds. The topological polar surface area (TPSA) is 55.1 Å². The molecule has 1 aliphatic carbocycles. The summed E-state index contributed by atoms with van der Waals surface area (Å²) in [6, 6.07) is 0. The first-order valence-electron chi connectivity index (χ1n) is 6.22. The van der Waals surface area contributed by atoms with Gasteiger partial charge in [0.1, 0.15) is 0 Å². The quantitative estimate of drug-likeness (QED) is 0.700. The Labute approximate surface area is 103 Å². The maximum atomic E-state index is 12.1. The van der Waals surface area contributed by atoms with Gasteiger partial charge < -0.3 is 11.1 Å². The van der Waals surface area contributed by atoms with Gasteiger partial charge in [0.25, 0.3) is 0 Å². The van der Waals surface area contributed by atoms with E-state index in [4.69, 9.17) is 5.73 Å². The Balaban J connectivity index is 2.36. The SMILES string of the molecule is CSCCCNC(=O)C1(CN)CCCCC1. The van der Waals surface area contributed by atoms with Crippen molar-refractivity contribution in [2.75, 3.05) is 25.1 Å². The van der Waals surface area contributed by atoms with Gasteiger partial charge in [-0.05, 0) is 31.3 Å². The van der Waals surface area contributed by atoms with Gasteiger partial charge in [-0.3, -0.25) is 4.79 Å². The van der Waals surface area contributed by atoms with Crippen LogP contribution in [0.5, 0.6) is 0 Å². The average Bonchev–Trinajstić information content (AvgIpc) is 2.35. The molecule has 0 aromatic carbocycles. The maximum absolute atomic E-state index is 12.1. The fraction of sp³-hybridized carbons (Fsp3) is 0.917. The number of carbonyl (C=O) groups is 1. The van der Waals surface area contributed by atoms with Crippen LogP contribution in [0.1, 0.15) is 38.5 Å². The molecule has 0 aromatic heterocycles. The molecule has 3 N–H and O–H groups in total. The molecule has 1 aliphatic rings. The van der Waals surface area contributed by atoms with Gasteiger partial charge >= 0.3 is 0 Å². The first kappa shape index (κ1) is 13.8. The Morgan fingerprint density at radius 3 is 2.62 bits per heavy atom. The number of hydrogen-bond acceptors (Lipinski definition) is 3. The van der Waals surface area contributed by atoms with E-state index in [-0.39, 0.29) is 11.3 Å². The molecule has 94 valence electrons. The smallest absolute Gasteiger partial charge is 0.227 e. The highest BCUT2D eigenvalue weighted by Crippen LogP contribution is 2.35. The van der Waals surface area contributed by atoms with E-state index in [1.54, 1.807) is 0 Å². The maximum Gasteiger partial charge on any atom is 0.227 e. The minimum atomic E-state index is -0.252. The third kappa shape index (κ3) is 3.67. The van der Waals surface area contributed by atoms with Gasteiger partial charge in [0.2, 0.25) is 5.91 Å². The molecule has 16 heavy (non-hydrogen) atoms. The molecule has 0 atom stereocenters. The normalized spacial score (nSPS) is 19.4. The second-order valence-corrected chi connectivity index (χ2v) is 5.63. The van der Waals surface area contributed by atoms with Crippen LogP contribution in [0.2, 0.25) is 0 Å². The highest BCUT2D eigenvalue weighted by Gasteiger charge is 2.37. The molecule has 3 nitrogen and oxygen atoms in total. The number of nitrogens with two attached hydrogens (primary N) is 1. The van der Waals surface area contributed by atoms with Gasteiger partial charge in [0, 0.05) is 13.1 Å². The fourth-order valence-electron chi connectivity index (χ4n) is 2.36. The van der Waals surface area contributed by atoms with Crippen molar-refractivity contribution in [2.45, 2.75) is 38.5 Å². The summed E-state index contributed by atoms with van der Waals surface area (Å²) in [6.07, 6.45) is 8.62. The van der Waals surface area contributed by atoms with Crippen LogP contribution in [0.25, 0.3) is 0 Å². The standard InChI is InChI=1S/C12H24N2OS/c1-16-9-5-8-14-11(15)12(10-13)6-3-2-4-7-12/h2-10,13H2,1H3,(H,14,15). The Hall–Kier alpha value is -0.220. The van der Waals surface area contributed by atoms with E-state index in [1.165, 1.54) is 6.42 Å². The van der Waals surface area contributed by atoms with Crippen LogP contribution < -0.4 is 11.1 Å². The number of amides is 1. The van der Waals surface area contributed by atoms with Crippen LogP contribution in [-0.4, -0.2) is 31.0 Å². The highest BCUT2D eigenvalue weighted by molar-refractivity contribution is 7.98. The molecule has 0 unspecified atom stereocenters. The predicted octanol–water partition coefficient (Wildman–Crippen LogP) is 1.76. The summed E-state index contributed by atoms with van der Waals surface area (Å²) in [5.74, 6) is 1.30. The Morgan fingerprint density at radius 1 is 1.38 bits per heavy atom. The molecule has 0 saturated heterocycles. The summed E-state index contributed by atoms with van der Waals surface area (Å²) < 4.78 is 0. The van der Waals surface area contributed by atoms with E-state index in [0.29, 0.717) is 6.54 Å². The molecule has 4 heteroatoms. The third-order valence-electron chi connectivity index (χ3n) is 3.49. The number of carbonyl (C=O) groups excluding carboxylic acids is 1. The van der Waals surface area contributed by atoms with Crippen LogP contribution in [0.15, 0.2) is 0 Å². The van der Waals surface area contributed by atoms with Crippen molar-refractivity contribution in [1.29, 1.82) is 0 Å². The number of rotatable bonds is 6. The zero-order chi connectivity index (χ0) is 11.9. The molecular formula is C12H24N2OS. The second kappa shape index (κ2) is 7.17. The molecule has 0 aromatic rings. The lowest BCUT2D eigenvalue weighted by atomic mass is 9.73. The van der Waals surface area contributed by atoms with E-state index < -0.39 is 0 Å². The van der Waals surface area contributed by atoms with Gasteiger partial charge in [0.15, 0.2) is 0 Å². The largest absolute Gasteiger partial charge is 0.356 e. The van der Waals surface area contributed by atoms with Gasteiger partial charge in [-0.1, -0.05) is 19.3 Å². The van der Waals surface area contributed by atoms with Crippen LogP contribution in [0, 0.1) is 5.41 Å². The first-order chi connectivity index (χ1) is 7.75. The fourth-order valence-corrected chi connectivity index (χ4v) is 2.79. The lowest BCUT2D eigenvalue weighted by Gasteiger charge is -2.34. The van der Waals surface area contributed by atoms with Crippen molar-refractivity contribution in [3.05, 3.63) is 0 Å². The molecule has 0 heterocycles. The Bertz CT molecular complexity index is 215. The Kier molecular flexibility index (Phi) is 6.21. The van der Waals surface area contributed by atoms with Gasteiger partial charge in [-0.2, -0.15) is 11.8 Å². The van der Waals surface area contributed by atoms with E-state index >= 15 is 0 Å². The predicted molar refractivity (Wildman–Crippen MR) is 70.6 cm³/mol. The van der Waals surface area contributed by atoms with Gasteiger partial charge in [0.05, 0.1) is 5.41 Å². The molecule has 0 bridgehead atoms. The summed E-state index contributed by atoms with van der Waals surface area (Å²) in [6.45, 7) is 1.29. The van der Waals surface area contributed by atoms with Gasteiger partial charge in [-0.25, -0.2) is 0 Å². The highest BCUT2D eigenvalue weighted by atomic mass is 32.2. The zero-order valence-electron chi connectivity index (χ0n) is 10.3. The summed E-state index contributed by atoms with van der Waals surface area (Å²) in [4.78, 5) is 12.1. The molecule has 1 rings (SSSR count). The molecule has 1 saturated carbocycles. The van der Waals surface area contributed by atoms with Gasteiger partial charge in [-0.15, -0.1) is 0 Å². The second-order valence-electron chi connectivity index (χ2n) is 4.65. The molecule has 0 radical (unpaired) electrons. The van der Waals surface area contributed by atoms with Crippen molar-refractivity contribution >= 4 is 17.7 Å². The number of thioether (sulfide) groups is 1. The van der Waals surface area contributed by atoms with Crippen molar-refractivity contribution in [2.24, 2.45) is 11.1 Å². The minimum absolute atomic E-state index is 0.191. The van der Waals surface area contributed by atoms with E-state index in [9.17, 15) is 4.79 Å². The van der Waals surface area contributed by atoms with Crippen molar-refractivity contribution in [3.63, 3.8) is 0 Å². The van der Waals surface area contributed by atoms with Crippen molar-refractivity contribution in [1.82, 2.24) is 5.32 Å². The third-order valence-corrected chi connectivity index (χ3v) is 4.19. The Morgan fingerprint density at radius 2 is 2.06 bits per heavy atom. The van der Waals surface area contributed by atoms with E-state index in [2.05, 4.69) is 11.6 Å². The summed E-state index contributed by atoms with van der Waals surface area (Å²) in [5.41, 5.74) is 5.55. The molecule has 1 fully saturated rings. The average molecular weight is 244 g/mol. The van der Waals surface area contributed by atoms with E-state index in [1.807, 2.05) is 11.8 Å². The molecule has 0 aliphatic heterocycles. The summed E-state index contributed by atoms with van der Waals surface area (Å²) in [5, 5.41) is 3.05. The molecular weight excluding hydrogens is 220 g/mol. The van der Waals surface area contributed by atoms with Crippen LogP contribution in [-0.2, 0) is 4.79 Å². The van der Waals surface area contributed by atoms with Crippen molar-refractivity contribution in [3.8, 4) is 0 Å². The zero-order valence-corrected chi connectivity index (χ0v) is 11.1. The first-order valence-corrected chi connectivity index (χ1v) is 7.62. The minimum Gasteiger partial charge on any atom is -0.356 e. The van der Waals surface area contributed by atoms with Crippen molar-refractivity contribution < 1.29 is 4.79 Å². The number of nitrogens with one attached hydrogen (secondary N) is 1.